The minimum absolute atomic E-state index is 0.117. The van der Waals surface area contributed by atoms with Gasteiger partial charge in [-0.25, -0.2) is 0 Å². The molecular weight excluding hydrogens is 348 g/mol. The maximum atomic E-state index is 9.47. The van der Waals surface area contributed by atoms with E-state index in [0.717, 1.165) is 26.5 Å². The Kier molecular flexibility index (Phi) is 6.11. The van der Waals surface area contributed by atoms with Crippen molar-refractivity contribution >= 4 is 38.9 Å². The van der Waals surface area contributed by atoms with Crippen LogP contribution in [-0.4, -0.2) is 24.3 Å². The van der Waals surface area contributed by atoms with Gasteiger partial charge in [-0.3, -0.25) is 0 Å². The largest absolute Gasteiger partial charge is 0.396 e. The number of hydrogen-bond donors (Lipinski definition) is 3. The van der Waals surface area contributed by atoms with E-state index in [-0.39, 0.29) is 12.6 Å². The molecule has 1 saturated carbocycles. The summed E-state index contributed by atoms with van der Waals surface area (Å²) in [5.41, 5.74) is 5.89. The van der Waals surface area contributed by atoms with Crippen LogP contribution in [0.15, 0.2) is 10.5 Å². The molecule has 0 amide bonds. The second-order valence-corrected chi connectivity index (χ2v) is 7.60. The standard InChI is InChI=1S/C13H20BrClN2OS/c14-9-5-12(19-13(9)15)11(6-16)17-10-4-2-1-3-8(10)7-18/h5,8,10-11,17-18H,1-4,6-7,16H2. The van der Waals surface area contributed by atoms with Crippen molar-refractivity contribution in [2.24, 2.45) is 11.7 Å². The molecule has 1 aliphatic rings. The van der Waals surface area contributed by atoms with E-state index in [1.807, 2.05) is 6.07 Å². The van der Waals surface area contributed by atoms with Crippen LogP contribution in [0.5, 0.6) is 0 Å². The molecule has 1 fully saturated rings. The minimum atomic E-state index is 0.117. The van der Waals surface area contributed by atoms with Gasteiger partial charge in [0, 0.05) is 28.5 Å². The Bertz CT molecular complexity index is 396. The van der Waals surface area contributed by atoms with Crippen LogP contribution in [0.2, 0.25) is 4.34 Å². The van der Waals surface area contributed by atoms with Crippen molar-refractivity contribution < 1.29 is 5.11 Å². The van der Waals surface area contributed by atoms with Crippen molar-refractivity contribution in [2.75, 3.05) is 13.2 Å². The first-order valence-corrected chi connectivity index (χ1v) is 8.66. The molecule has 2 rings (SSSR count). The van der Waals surface area contributed by atoms with E-state index >= 15 is 0 Å². The fourth-order valence-corrected chi connectivity index (χ4v) is 4.51. The summed E-state index contributed by atoms with van der Waals surface area (Å²) in [7, 11) is 0. The van der Waals surface area contributed by atoms with Crippen molar-refractivity contribution in [1.29, 1.82) is 0 Å². The SMILES string of the molecule is NCC(NC1CCCCC1CO)c1cc(Br)c(Cl)s1. The van der Waals surface area contributed by atoms with E-state index in [1.165, 1.54) is 12.8 Å². The molecule has 0 aliphatic heterocycles. The molecule has 0 saturated heterocycles. The number of halogens is 2. The third-order valence-electron chi connectivity index (χ3n) is 3.80. The number of thiophene rings is 1. The van der Waals surface area contributed by atoms with E-state index in [9.17, 15) is 5.11 Å². The highest BCUT2D eigenvalue weighted by Crippen LogP contribution is 2.36. The summed E-state index contributed by atoms with van der Waals surface area (Å²) in [6, 6.07) is 2.51. The number of rotatable bonds is 5. The fourth-order valence-electron chi connectivity index (χ4n) is 2.71. The molecular formula is C13H20BrClN2OS. The van der Waals surface area contributed by atoms with Gasteiger partial charge < -0.3 is 16.2 Å². The van der Waals surface area contributed by atoms with Crippen LogP contribution in [0, 0.1) is 5.92 Å². The summed E-state index contributed by atoms with van der Waals surface area (Å²) in [5.74, 6) is 0.349. The van der Waals surface area contributed by atoms with Gasteiger partial charge in [-0.1, -0.05) is 24.4 Å². The van der Waals surface area contributed by atoms with Gasteiger partial charge in [-0.2, -0.15) is 0 Å². The lowest BCUT2D eigenvalue weighted by atomic mass is 9.84. The van der Waals surface area contributed by atoms with E-state index in [1.54, 1.807) is 11.3 Å². The van der Waals surface area contributed by atoms with Crippen molar-refractivity contribution in [2.45, 2.75) is 37.8 Å². The average molecular weight is 368 g/mol. The second-order valence-electron chi connectivity index (χ2n) is 5.06. The van der Waals surface area contributed by atoms with Crippen LogP contribution in [-0.2, 0) is 0 Å². The van der Waals surface area contributed by atoms with Crippen LogP contribution in [0.1, 0.15) is 36.6 Å². The van der Waals surface area contributed by atoms with Crippen molar-refractivity contribution in [3.8, 4) is 0 Å². The fraction of sp³-hybridized carbons (Fsp3) is 0.692. The zero-order chi connectivity index (χ0) is 13.8. The summed E-state index contributed by atoms with van der Waals surface area (Å²) in [4.78, 5) is 1.15. The molecule has 0 radical (unpaired) electrons. The van der Waals surface area contributed by atoms with Gasteiger partial charge in [0.1, 0.15) is 4.34 Å². The molecule has 1 aromatic rings. The molecule has 3 unspecified atom stereocenters. The maximum absolute atomic E-state index is 9.47. The number of aliphatic hydroxyl groups excluding tert-OH is 1. The summed E-state index contributed by atoms with van der Waals surface area (Å²) in [6.07, 6.45) is 4.65. The second kappa shape index (κ2) is 7.38. The lowest BCUT2D eigenvalue weighted by Gasteiger charge is -2.33. The van der Waals surface area contributed by atoms with Crippen LogP contribution in [0.4, 0.5) is 0 Å². The quantitative estimate of drug-likeness (QED) is 0.748. The van der Waals surface area contributed by atoms with E-state index in [4.69, 9.17) is 17.3 Å². The molecule has 0 aromatic carbocycles. The Morgan fingerprint density at radius 1 is 1.53 bits per heavy atom. The molecule has 1 heterocycles. The highest BCUT2D eigenvalue weighted by Gasteiger charge is 2.27. The average Bonchev–Trinajstić information content (AvgIpc) is 2.76. The van der Waals surface area contributed by atoms with Crippen molar-refractivity contribution in [1.82, 2.24) is 5.32 Å². The minimum Gasteiger partial charge on any atom is -0.396 e. The smallest absolute Gasteiger partial charge is 0.107 e. The Balaban J connectivity index is 2.05. The van der Waals surface area contributed by atoms with E-state index in [2.05, 4.69) is 21.2 Å². The molecule has 3 atom stereocenters. The predicted molar refractivity (Wildman–Crippen MR) is 84.8 cm³/mol. The first-order valence-electron chi connectivity index (χ1n) is 6.67. The molecule has 6 heteroatoms. The Hall–Kier alpha value is 0.350. The number of hydrogen-bond acceptors (Lipinski definition) is 4. The van der Waals surface area contributed by atoms with Gasteiger partial charge >= 0.3 is 0 Å². The first-order chi connectivity index (χ1) is 9.15. The van der Waals surface area contributed by atoms with Gasteiger partial charge in [0.15, 0.2) is 0 Å². The van der Waals surface area contributed by atoms with Gasteiger partial charge in [0.2, 0.25) is 0 Å². The Morgan fingerprint density at radius 3 is 2.84 bits per heavy atom. The highest BCUT2D eigenvalue weighted by molar-refractivity contribution is 9.10. The summed E-state index contributed by atoms with van der Waals surface area (Å²) < 4.78 is 1.69. The van der Waals surface area contributed by atoms with Gasteiger partial charge in [-0.15, -0.1) is 11.3 Å². The molecule has 1 aromatic heterocycles. The van der Waals surface area contributed by atoms with E-state index < -0.39 is 0 Å². The van der Waals surface area contributed by atoms with Crippen molar-refractivity contribution in [3.05, 3.63) is 19.8 Å². The molecule has 19 heavy (non-hydrogen) atoms. The van der Waals surface area contributed by atoms with Crippen LogP contribution < -0.4 is 11.1 Å². The van der Waals surface area contributed by atoms with Crippen molar-refractivity contribution in [3.63, 3.8) is 0 Å². The van der Waals surface area contributed by atoms with Gasteiger partial charge in [0.25, 0.3) is 0 Å². The summed E-state index contributed by atoms with van der Waals surface area (Å²) in [6.45, 7) is 0.793. The zero-order valence-electron chi connectivity index (χ0n) is 10.7. The third kappa shape index (κ3) is 3.93. The van der Waals surface area contributed by atoms with Gasteiger partial charge in [-0.05, 0) is 40.8 Å². The molecule has 0 spiro atoms. The summed E-state index contributed by atoms with van der Waals surface area (Å²) in [5, 5.41) is 13.1. The number of aliphatic hydroxyl groups is 1. The predicted octanol–water partition coefficient (Wildman–Crippen LogP) is 3.30. The molecule has 1 aliphatic carbocycles. The zero-order valence-corrected chi connectivity index (χ0v) is 13.9. The lowest BCUT2D eigenvalue weighted by Crippen LogP contribution is -2.43. The van der Waals surface area contributed by atoms with Crippen LogP contribution in [0.3, 0.4) is 0 Å². The summed E-state index contributed by atoms with van der Waals surface area (Å²) >= 11 is 11.1. The first kappa shape index (κ1) is 15.7. The molecule has 0 bridgehead atoms. The van der Waals surface area contributed by atoms with Gasteiger partial charge in [0.05, 0.1) is 6.04 Å². The highest BCUT2D eigenvalue weighted by atomic mass is 79.9. The third-order valence-corrected chi connectivity index (χ3v) is 6.39. The Morgan fingerprint density at radius 2 is 2.26 bits per heavy atom. The monoisotopic (exact) mass is 366 g/mol. The number of nitrogens with two attached hydrogens (primary N) is 1. The molecule has 3 nitrogen and oxygen atoms in total. The normalized spacial score (nSPS) is 25.5. The molecule has 4 N–H and O–H groups in total. The Labute approximate surface area is 131 Å². The maximum Gasteiger partial charge on any atom is 0.107 e. The topological polar surface area (TPSA) is 58.3 Å². The molecule has 108 valence electrons. The van der Waals surface area contributed by atoms with Crippen LogP contribution in [0.25, 0.3) is 0 Å². The lowest BCUT2D eigenvalue weighted by molar-refractivity contribution is 0.146. The van der Waals surface area contributed by atoms with E-state index in [0.29, 0.717) is 18.5 Å². The van der Waals surface area contributed by atoms with Crippen LogP contribution >= 0.6 is 38.9 Å². The number of nitrogens with one attached hydrogen (secondary N) is 1.